The fraction of sp³-hybridized carbons (Fsp3) is 0.400. The van der Waals surface area contributed by atoms with Crippen molar-refractivity contribution in [1.82, 2.24) is 5.32 Å². The van der Waals surface area contributed by atoms with E-state index < -0.39 is 11.7 Å². The minimum Gasteiger partial charge on any atom is -0.444 e. The van der Waals surface area contributed by atoms with Gasteiger partial charge in [-0.2, -0.15) is 0 Å². The summed E-state index contributed by atoms with van der Waals surface area (Å²) in [6.07, 6.45) is 5.45. The molecular formula is C15H19NO2. The van der Waals surface area contributed by atoms with Crippen LogP contribution in [0.15, 0.2) is 24.3 Å². The van der Waals surface area contributed by atoms with Gasteiger partial charge in [-0.05, 0) is 31.9 Å². The number of carbonyl (C=O) groups excluding carboxylic acids is 1. The Balaban J connectivity index is 2.51. The fourth-order valence-electron chi connectivity index (χ4n) is 1.46. The molecule has 0 aliphatic heterocycles. The van der Waals surface area contributed by atoms with Crippen molar-refractivity contribution in [2.75, 3.05) is 0 Å². The minimum absolute atomic E-state index is 0.412. The summed E-state index contributed by atoms with van der Waals surface area (Å²) in [7, 11) is 0. The summed E-state index contributed by atoms with van der Waals surface area (Å²) in [5.74, 6) is 2.60. The van der Waals surface area contributed by atoms with Crippen molar-refractivity contribution in [2.24, 2.45) is 0 Å². The van der Waals surface area contributed by atoms with Crippen LogP contribution in [-0.2, 0) is 17.7 Å². The quantitative estimate of drug-likeness (QED) is 0.831. The standard InChI is InChI=1S/C15H19NO2/c1-5-7-12-8-6-9-13(10-12)11-16-14(17)18-15(2,3)4/h1,6,8-10H,7,11H2,2-4H3,(H,16,17). The Morgan fingerprint density at radius 2 is 2.06 bits per heavy atom. The van der Waals surface area contributed by atoms with Gasteiger partial charge in [-0.15, -0.1) is 12.3 Å². The number of ether oxygens (including phenoxy) is 1. The van der Waals surface area contributed by atoms with Crippen molar-refractivity contribution in [3.05, 3.63) is 35.4 Å². The molecule has 0 aliphatic rings. The first-order valence-corrected chi connectivity index (χ1v) is 5.89. The minimum atomic E-state index is -0.477. The van der Waals surface area contributed by atoms with E-state index >= 15 is 0 Å². The van der Waals surface area contributed by atoms with Crippen molar-refractivity contribution >= 4 is 6.09 Å². The molecule has 0 heterocycles. The predicted molar refractivity (Wildman–Crippen MR) is 72.1 cm³/mol. The van der Waals surface area contributed by atoms with Crippen molar-refractivity contribution in [3.8, 4) is 12.3 Å². The van der Waals surface area contributed by atoms with E-state index in [9.17, 15) is 4.79 Å². The molecule has 0 unspecified atom stereocenters. The van der Waals surface area contributed by atoms with Gasteiger partial charge in [0.2, 0.25) is 0 Å². The highest BCUT2D eigenvalue weighted by atomic mass is 16.6. The molecule has 1 rings (SSSR count). The molecule has 0 atom stereocenters. The molecule has 18 heavy (non-hydrogen) atoms. The Bertz CT molecular complexity index is 452. The van der Waals surface area contributed by atoms with Crippen LogP contribution < -0.4 is 5.32 Å². The van der Waals surface area contributed by atoms with Gasteiger partial charge < -0.3 is 10.1 Å². The second kappa shape index (κ2) is 6.11. The monoisotopic (exact) mass is 245 g/mol. The molecule has 0 aliphatic carbocycles. The lowest BCUT2D eigenvalue weighted by Gasteiger charge is -2.19. The molecule has 0 saturated heterocycles. The van der Waals surface area contributed by atoms with E-state index in [1.54, 1.807) is 0 Å². The highest BCUT2D eigenvalue weighted by Gasteiger charge is 2.15. The Morgan fingerprint density at radius 1 is 1.39 bits per heavy atom. The van der Waals surface area contributed by atoms with Gasteiger partial charge in [-0.25, -0.2) is 4.79 Å². The third-order valence-electron chi connectivity index (χ3n) is 2.13. The van der Waals surface area contributed by atoms with Crippen LogP contribution in [0.5, 0.6) is 0 Å². The maximum Gasteiger partial charge on any atom is 0.407 e. The number of terminal acetylenes is 1. The Hall–Kier alpha value is -1.95. The van der Waals surface area contributed by atoms with Crippen LogP contribution in [0.4, 0.5) is 4.79 Å². The number of carbonyl (C=O) groups is 1. The van der Waals surface area contributed by atoms with Gasteiger partial charge in [-0.3, -0.25) is 0 Å². The molecule has 1 aromatic carbocycles. The lowest BCUT2D eigenvalue weighted by Crippen LogP contribution is -2.32. The molecule has 1 N–H and O–H groups in total. The van der Waals surface area contributed by atoms with Crippen LogP contribution in [0, 0.1) is 12.3 Å². The molecule has 0 fully saturated rings. The van der Waals surface area contributed by atoms with E-state index in [-0.39, 0.29) is 0 Å². The summed E-state index contributed by atoms with van der Waals surface area (Å²) >= 11 is 0. The number of benzene rings is 1. The van der Waals surface area contributed by atoms with Crippen molar-refractivity contribution < 1.29 is 9.53 Å². The number of rotatable bonds is 3. The Labute approximate surface area is 109 Å². The Morgan fingerprint density at radius 3 is 2.67 bits per heavy atom. The van der Waals surface area contributed by atoms with E-state index in [0.717, 1.165) is 11.1 Å². The average Bonchev–Trinajstić information content (AvgIpc) is 2.25. The molecule has 96 valence electrons. The molecule has 0 saturated carbocycles. The Kier molecular flexibility index (Phi) is 4.79. The molecule has 1 aromatic rings. The van der Waals surface area contributed by atoms with Gasteiger partial charge >= 0.3 is 6.09 Å². The zero-order valence-corrected chi connectivity index (χ0v) is 11.1. The summed E-state index contributed by atoms with van der Waals surface area (Å²) in [5, 5.41) is 2.71. The smallest absolute Gasteiger partial charge is 0.407 e. The molecule has 3 heteroatoms. The lowest BCUT2D eigenvalue weighted by molar-refractivity contribution is 0.0523. The number of amides is 1. The fourth-order valence-corrected chi connectivity index (χ4v) is 1.46. The molecule has 0 radical (unpaired) electrons. The molecule has 0 aromatic heterocycles. The molecular weight excluding hydrogens is 226 g/mol. The maximum atomic E-state index is 11.5. The average molecular weight is 245 g/mol. The van der Waals surface area contributed by atoms with Gasteiger partial charge in [0.25, 0.3) is 0 Å². The van der Waals surface area contributed by atoms with Gasteiger partial charge in [0.05, 0.1) is 0 Å². The predicted octanol–water partition coefficient (Wildman–Crippen LogP) is 2.89. The summed E-state index contributed by atoms with van der Waals surface area (Å²) in [6, 6.07) is 7.82. The summed E-state index contributed by atoms with van der Waals surface area (Å²) in [4.78, 5) is 11.5. The van der Waals surface area contributed by atoms with Crippen LogP contribution in [0.2, 0.25) is 0 Å². The van der Waals surface area contributed by atoms with Gasteiger partial charge in [-0.1, -0.05) is 24.3 Å². The SMILES string of the molecule is C#CCc1cccc(CNC(=O)OC(C)(C)C)c1. The normalized spacial score (nSPS) is 10.6. The second-order valence-corrected chi connectivity index (χ2v) is 5.06. The van der Waals surface area contributed by atoms with Crippen LogP contribution >= 0.6 is 0 Å². The second-order valence-electron chi connectivity index (χ2n) is 5.06. The highest BCUT2D eigenvalue weighted by molar-refractivity contribution is 5.67. The van der Waals surface area contributed by atoms with E-state index in [0.29, 0.717) is 13.0 Å². The van der Waals surface area contributed by atoms with Crippen LogP contribution in [0.1, 0.15) is 31.9 Å². The third kappa shape index (κ3) is 5.40. The zero-order valence-electron chi connectivity index (χ0n) is 11.1. The highest BCUT2D eigenvalue weighted by Crippen LogP contribution is 2.08. The third-order valence-corrected chi connectivity index (χ3v) is 2.13. The first kappa shape index (κ1) is 14.1. The van der Waals surface area contributed by atoms with Crippen molar-refractivity contribution in [3.63, 3.8) is 0 Å². The largest absolute Gasteiger partial charge is 0.444 e. The number of nitrogens with one attached hydrogen (secondary N) is 1. The molecule has 1 amide bonds. The van der Waals surface area contributed by atoms with Crippen LogP contribution in [-0.4, -0.2) is 11.7 Å². The van der Waals surface area contributed by atoms with Crippen LogP contribution in [0.25, 0.3) is 0 Å². The van der Waals surface area contributed by atoms with Crippen molar-refractivity contribution in [1.29, 1.82) is 0 Å². The molecule has 0 bridgehead atoms. The van der Waals surface area contributed by atoms with Gasteiger partial charge in [0.1, 0.15) is 5.60 Å². The maximum absolute atomic E-state index is 11.5. The lowest BCUT2D eigenvalue weighted by atomic mass is 10.1. The number of hydrogen-bond donors (Lipinski definition) is 1. The van der Waals surface area contributed by atoms with Gasteiger partial charge in [0.15, 0.2) is 0 Å². The van der Waals surface area contributed by atoms with Crippen molar-refractivity contribution in [2.45, 2.75) is 39.3 Å². The first-order chi connectivity index (χ1) is 8.40. The molecule has 3 nitrogen and oxygen atoms in total. The zero-order chi connectivity index (χ0) is 13.6. The van der Waals surface area contributed by atoms with E-state index in [4.69, 9.17) is 11.2 Å². The summed E-state index contributed by atoms with van der Waals surface area (Å²) in [5.41, 5.74) is 1.60. The van der Waals surface area contributed by atoms with Gasteiger partial charge in [0, 0.05) is 13.0 Å². The first-order valence-electron chi connectivity index (χ1n) is 5.89. The van der Waals surface area contributed by atoms with E-state index in [1.807, 2.05) is 45.0 Å². The number of alkyl carbamates (subject to hydrolysis) is 1. The number of hydrogen-bond acceptors (Lipinski definition) is 2. The van der Waals surface area contributed by atoms with E-state index in [2.05, 4.69) is 11.2 Å². The topological polar surface area (TPSA) is 38.3 Å². The van der Waals surface area contributed by atoms with Crippen LogP contribution in [0.3, 0.4) is 0 Å². The van der Waals surface area contributed by atoms with E-state index in [1.165, 1.54) is 0 Å². The summed E-state index contributed by atoms with van der Waals surface area (Å²) in [6.45, 7) is 5.94. The molecule has 0 spiro atoms. The summed E-state index contributed by atoms with van der Waals surface area (Å²) < 4.78 is 5.15.